The topological polar surface area (TPSA) is 52.7 Å². The Bertz CT molecular complexity index is 418. The smallest absolute Gasteiger partial charge is 0.129 e. The molecule has 1 heterocycles. The summed E-state index contributed by atoms with van der Waals surface area (Å²) in [6, 6.07) is 5.00. The van der Waals surface area contributed by atoms with E-state index in [1.807, 2.05) is 14.1 Å². The van der Waals surface area contributed by atoms with Gasteiger partial charge in [-0.15, -0.1) is 0 Å². The summed E-state index contributed by atoms with van der Waals surface area (Å²) in [6.45, 7) is 1.88. The van der Waals surface area contributed by atoms with Crippen LogP contribution >= 0.6 is 0 Å². The minimum atomic E-state index is -0.335. The molecule has 1 aromatic rings. The molecule has 2 unspecified atom stereocenters. The molecule has 0 aliphatic carbocycles. The lowest BCUT2D eigenvalue weighted by Gasteiger charge is -2.27. The molecule has 1 fully saturated rings. The first-order chi connectivity index (χ1) is 8.97. The van der Waals surface area contributed by atoms with Crippen molar-refractivity contribution in [3.8, 4) is 0 Å². The summed E-state index contributed by atoms with van der Waals surface area (Å²) < 4.78 is 13.8. The highest BCUT2D eigenvalue weighted by Gasteiger charge is 2.31. The number of nitrogens with zero attached hydrogens (tertiary/aromatic N) is 2. The number of aliphatic hydroxyl groups excluding tert-OH is 1. The molecule has 2 rings (SSSR count). The van der Waals surface area contributed by atoms with Gasteiger partial charge >= 0.3 is 0 Å². The van der Waals surface area contributed by atoms with Crippen molar-refractivity contribution in [3.63, 3.8) is 0 Å². The van der Waals surface area contributed by atoms with Gasteiger partial charge in [0, 0.05) is 36.9 Å². The van der Waals surface area contributed by atoms with Gasteiger partial charge < -0.3 is 15.7 Å². The Hall–Kier alpha value is -1.17. The predicted molar refractivity (Wildman–Crippen MR) is 74.2 cm³/mol. The van der Waals surface area contributed by atoms with E-state index in [1.54, 1.807) is 12.1 Å². The van der Waals surface area contributed by atoms with E-state index in [4.69, 9.17) is 5.73 Å². The maximum Gasteiger partial charge on any atom is 0.129 e. The molecule has 0 aromatic heterocycles. The molecule has 3 N–H and O–H groups in total. The summed E-state index contributed by atoms with van der Waals surface area (Å²) in [6.07, 6.45) is 0.393. The zero-order valence-electron chi connectivity index (χ0n) is 11.5. The molecule has 2 atom stereocenters. The number of benzene rings is 1. The van der Waals surface area contributed by atoms with Crippen LogP contribution in [0.3, 0.4) is 0 Å². The molecule has 1 aromatic carbocycles. The number of anilines is 1. The number of halogens is 1. The van der Waals surface area contributed by atoms with Crippen LogP contribution in [0.2, 0.25) is 0 Å². The highest BCUT2D eigenvalue weighted by molar-refractivity contribution is 5.47. The summed E-state index contributed by atoms with van der Waals surface area (Å²) in [7, 11) is 4.00. The number of rotatable bonds is 4. The fourth-order valence-electron chi connectivity index (χ4n) is 2.71. The summed E-state index contributed by atoms with van der Waals surface area (Å²) in [4.78, 5) is 4.19. The summed E-state index contributed by atoms with van der Waals surface area (Å²) in [5.41, 5.74) is 6.85. The second kappa shape index (κ2) is 5.86. The van der Waals surface area contributed by atoms with E-state index >= 15 is 0 Å². The van der Waals surface area contributed by atoms with Crippen LogP contribution in [-0.2, 0) is 6.54 Å². The Morgan fingerprint density at radius 1 is 1.47 bits per heavy atom. The lowest BCUT2D eigenvalue weighted by Crippen LogP contribution is -2.37. The normalized spacial score (nSPS) is 24.3. The highest BCUT2D eigenvalue weighted by Crippen LogP contribution is 2.24. The first-order valence-electron chi connectivity index (χ1n) is 6.57. The quantitative estimate of drug-likeness (QED) is 0.796. The van der Waals surface area contributed by atoms with Crippen molar-refractivity contribution in [2.45, 2.75) is 25.1 Å². The fraction of sp³-hybridized carbons (Fsp3) is 0.571. The number of β-amino-alcohol motifs (C(OH)–C–C–N with tert-alkyl or cyclic N) is 1. The van der Waals surface area contributed by atoms with Gasteiger partial charge in [-0.3, -0.25) is 4.90 Å². The van der Waals surface area contributed by atoms with E-state index in [2.05, 4.69) is 9.80 Å². The largest absolute Gasteiger partial charge is 0.398 e. The molecule has 19 heavy (non-hydrogen) atoms. The summed E-state index contributed by atoms with van der Waals surface area (Å²) in [5.74, 6) is -0.273. The maximum absolute atomic E-state index is 13.8. The molecule has 0 radical (unpaired) electrons. The Morgan fingerprint density at radius 3 is 2.84 bits per heavy atom. The van der Waals surface area contributed by atoms with Crippen molar-refractivity contribution in [3.05, 3.63) is 29.6 Å². The zero-order valence-corrected chi connectivity index (χ0v) is 11.5. The first kappa shape index (κ1) is 14.2. The molecule has 1 saturated heterocycles. The molecule has 1 aliphatic rings. The third-order valence-electron chi connectivity index (χ3n) is 3.60. The molecular formula is C14H22FN3O. The Labute approximate surface area is 113 Å². The van der Waals surface area contributed by atoms with Gasteiger partial charge in [-0.1, -0.05) is 6.07 Å². The lowest BCUT2D eigenvalue weighted by atomic mass is 10.1. The summed E-state index contributed by atoms with van der Waals surface area (Å²) >= 11 is 0. The molecule has 0 saturated carbocycles. The predicted octanol–water partition coefficient (Wildman–Crippen LogP) is 0.905. The van der Waals surface area contributed by atoms with Gasteiger partial charge in [0.15, 0.2) is 0 Å². The second-order valence-electron chi connectivity index (χ2n) is 5.54. The van der Waals surface area contributed by atoms with Crippen molar-refractivity contribution in [2.24, 2.45) is 0 Å². The monoisotopic (exact) mass is 267 g/mol. The van der Waals surface area contributed by atoms with Crippen molar-refractivity contribution in [2.75, 3.05) is 32.9 Å². The first-order valence-corrected chi connectivity index (χ1v) is 6.57. The molecule has 0 bridgehead atoms. The highest BCUT2D eigenvalue weighted by atomic mass is 19.1. The summed E-state index contributed by atoms with van der Waals surface area (Å²) in [5, 5.41) is 9.81. The van der Waals surface area contributed by atoms with E-state index < -0.39 is 0 Å². The van der Waals surface area contributed by atoms with E-state index in [-0.39, 0.29) is 18.0 Å². The van der Waals surface area contributed by atoms with Crippen molar-refractivity contribution < 1.29 is 9.50 Å². The van der Waals surface area contributed by atoms with Crippen LogP contribution in [0, 0.1) is 5.82 Å². The minimum Gasteiger partial charge on any atom is -0.398 e. The maximum atomic E-state index is 13.8. The molecule has 4 nitrogen and oxygen atoms in total. The van der Waals surface area contributed by atoms with E-state index in [0.717, 1.165) is 13.0 Å². The van der Waals surface area contributed by atoms with Crippen molar-refractivity contribution in [1.29, 1.82) is 0 Å². The number of nitrogen functional groups attached to an aromatic ring is 1. The Kier molecular flexibility index (Phi) is 4.39. The van der Waals surface area contributed by atoms with Gasteiger partial charge in [0.25, 0.3) is 0 Å². The van der Waals surface area contributed by atoms with Gasteiger partial charge in [0.05, 0.1) is 6.10 Å². The molecular weight excluding hydrogens is 245 g/mol. The van der Waals surface area contributed by atoms with Crippen LogP contribution in [0.15, 0.2) is 18.2 Å². The van der Waals surface area contributed by atoms with Gasteiger partial charge in [-0.25, -0.2) is 4.39 Å². The van der Waals surface area contributed by atoms with E-state index in [1.165, 1.54) is 6.07 Å². The zero-order chi connectivity index (χ0) is 14.0. The van der Waals surface area contributed by atoms with Gasteiger partial charge in [-0.2, -0.15) is 0 Å². The van der Waals surface area contributed by atoms with Crippen LogP contribution in [0.4, 0.5) is 10.1 Å². The Morgan fingerprint density at radius 2 is 2.21 bits per heavy atom. The Balaban J connectivity index is 2.12. The van der Waals surface area contributed by atoms with Gasteiger partial charge in [0.2, 0.25) is 0 Å². The van der Waals surface area contributed by atoms with Crippen LogP contribution in [0.5, 0.6) is 0 Å². The standard InChI is InChI=1S/C14H22FN3O/c1-17(2)7-10-6-11(19)8-18(10)9-12-13(15)4-3-5-14(12)16/h3-5,10-11,19H,6-9,16H2,1-2H3. The van der Waals surface area contributed by atoms with Crippen LogP contribution in [0.25, 0.3) is 0 Å². The number of hydrogen-bond donors (Lipinski definition) is 2. The average molecular weight is 267 g/mol. The third kappa shape index (κ3) is 3.43. The SMILES string of the molecule is CN(C)CC1CC(O)CN1Cc1c(N)cccc1F. The molecule has 0 amide bonds. The number of likely N-dealkylation sites (N-methyl/N-ethyl adjacent to an activating group) is 1. The third-order valence-corrected chi connectivity index (χ3v) is 3.60. The van der Waals surface area contributed by atoms with Gasteiger partial charge in [0.1, 0.15) is 5.82 Å². The van der Waals surface area contributed by atoms with Crippen molar-refractivity contribution in [1.82, 2.24) is 9.80 Å². The number of hydrogen-bond acceptors (Lipinski definition) is 4. The van der Waals surface area contributed by atoms with Crippen LogP contribution < -0.4 is 5.73 Å². The van der Waals surface area contributed by atoms with Crippen molar-refractivity contribution >= 4 is 5.69 Å². The van der Waals surface area contributed by atoms with E-state index in [9.17, 15) is 9.50 Å². The molecule has 106 valence electrons. The lowest BCUT2D eigenvalue weighted by molar-refractivity contribution is 0.168. The number of likely N-dealkylation sites (tertiary alicyclic amines) is 1. The molecule has 5 heteroatoms. The molecule has 1 aliphatic heterocycles. The average Bonchev–Trinajstić information content (AvgIpc) is 2.63. The van der Waals surface area contributed by atoms with Crippen LogP contribution in [0.1, 0.15) is 12.0 Å². The minimum absolute atomic E-state index is 0.240. The van der Waals surface area contributed by atoms with E-state index in [0.29, 0.717) is 24.3 Å². The second-order valence-corrected chi connectivity index (χ2v) is 5.54. The number of nitrogens with two attached hydrogens (primary N) is 1. The number of aliphatic hydroxyl groups is 1. The van der Waals surface area contributed by atoms with Gasteiger partial charge in [-0.05, 0) is 32.6 Å². The fourth-order valence-corrected chi connectivity index (χ4v) is 2.71. The van der Waals surface area contributed by atoms with Crippen LogP contribution in [-0.4, -0.2) is 54.2 Å². The molecule has 0 spiro atoms.